The van der Waals surface area contributed by atoms with Gasteiger partial charge in [0.25, 0.3) is 0 Å². The zero-order chi connectivity index (χ0) is 14.4. The van der Waals surface area contributed by atoms with E-state index >= 15 is 0 Å². The van der Waals surface area contributed by atoms with Crippen LogP contribution < -0.4 is 15.4 Å². The predicted molar refractivity (Wildman–Crippen MR) is 73.8 cm³/mol. The van der Waals surface area contributed by atoms with Gasteiger partial charge in [-0.2, -0.15) is 0 Å². The van der Waals surface area contributed by atoms with Crippen LogP contribution in [0.5, 0.6) is 5.75 Å². The van der Waals surface area contributed by atoms with Gasteiger partial charge in [-0.15, -0.1) is 0 Å². The van der Waals surface area contributed by atoms with E-state index in [9.17, 15) is 9.18 Å². The Kier molecular flexibility index (Phi) is 5.76. The molecule has 106 valence electrons. The summed E-state index contributed by atoms with van der Waals surface area (Å²) in [6, 6.07) is 4.04. The fourth-order valence-electron chi connectivity index (χ4n) is 1.85. The minimum atomic E-state index is -0.411. The van der Waals surface area contributed by atoms with Gasteiger partial charge in [0.1, 0.15) is 11.6 Å². The van der Waals surface area contributed by atoms with Crippen molar-refractivity contribution < 1.29 is 13.9 Å². The van der Waals surface area contributed by atoms with Crippen molar-refractivity contribution in [2.75, 3.05) is 26.0 Å². The molecule has 0 spiro atoms. The zero-order valence-corrected chi connectivity index (χ0v) is 11.8. The molecular weight excluding hydrogens is 247 g/mol. The molecule has 1 rings (SSSR count). The topological polar surface area (TPSA) is 50.4 Å². The van der Waals surface area contributed by atoms with Crippen molar-refractivity contribution in [2.24, 2.45) is 11.8 Å². The summed E-state index contributed by atoms with van der Waals surface area (Å²) in [5, 5.41) is 5.71. The first-order chi connectivity index (χ1) is 8.99. The first-order valence-corrected chi connectivity index (χ1v) is 6.28. The van der Waals surface area contributed by atoms with Gasteiger partial charge >= 0.3 is 0 Å². The number of hydrogen-bond donors (Lipinski definition) is 2. The normalized spacial score (nSPS) is 12.3. The van der Waals surface area contributed by atoms with Crippen molar-refractivity contribution in [1.82, 2.24) is 5.32 Å². The summed E-state index contributed by atoms with van der Waals surface area (Å²) in [5.74, 6) is -0.106. The summed E-state index contributed by atoms with van der Waals surface area (Å²) in [6.45, 7) is 4.52. The molecule has 0 aliphatic carbocycles. The molecule has 1 atom stereocenters. The third-order valence-corrected chi connectivity index (χ3v) is 2.98. The van der Waals surface area contributed by atoms with Crippen LogP contribution in [-0.4, -0.2) is 26.6 Å². The summed E-state index contributed by atoms with van der Waals surface area (Å²) in [6.07, 6.45) is 0. The maximum absolute atomic E-state index is 13.2. The number of amides is 1. The molecular formula is C14H21FN2O2. The molecule has 1 unspecified atom stereocenters. The highest BCUT2D eigenvalue weighted by molar-refractivity contribution is 5.94. The van der Waals surface area contributed by atoms with Gasteiger partial charge in [-0.3, -0.25) is 4.79 Å². The van der Waals surface area contributed by atoms with Gasteiger partial charge < -0.3 is 15.4 Å². The number of carbonyl (C=O) groups is 1. The molecule has 0 saturated heterocycles. The van der Waals surface area contributed by atoms with Crippen molar-refractivity contribution >= 4 is 11.6 Å². The van der Waals surface area contributed by atoms with Gasteiger partial charge in [0.2, 0.25) is 5.91 Å². The molecule has 1 aromatic rings. The second kappa shape index (κ2) is 7.09. The highest BCUT2D eigenvalue weighted by atomic mass is 19.1. The fourth-order valence-corrected chi connectivity index (χ4v) is 1.85. The zero-order valence-electron chi connectivity index (χ0n) is 11.8. The van der Waals surface area contributed by atoms with Gasteiger partial charge in [0.05, 0.1) is 18.7 Å². The number of nitrogens with one attached hydrogen (secondary N) is 2. The number of anilines is 1. The van der Waals surface area contributed by atoms with Crippen molar-refractivity contribution in [3.05, 3.63) is 24.0 Å². The van der Waals surface area contributed by atoms with Crippen LogP contribution in [-0.2, 0) is 4.79 Å². The Morgan fingerprint density at radius 3 is 2.63 bits per heavy atom. The molecule has 2 N–H and O–H groups in total. The van der Waals surface area contributed by atoms with E-state index in [0.29, 0.717) is 18.0 Å². The van der Waals surface area contributed by atoms with Gasteiger partial charge in [-0.1, -0.05) is 13.8 Å². The lowest BCUT2D eigenvalue weighted by Crippen LogP contribution is -2.34. The van der Waals surface area contributed by atoms with Crippen molar-refractivity contribution in [1.29, 1.82) is 0 Å². The molecule has 0 radical (unpaired) electrons. The second-order valence-electron chi connectivity index (χ2n) is 4.74. The number of benzene rings is 1. The Hall–Kier alpha value is -1.62. The Balaban J connectivity index is 2.88. The Morgan fingerprint density at radius 2 is 2.11 bits per heavy atom. The van der Waals surface area contributed by atoms with Crippen LogP contribution in [0.25, 0.3) is 0 Å². The van der Waals surface area contributed by atoms with Crippen LogP contribution in [0.3, 0.4) is 0 Å². The lowest BCUT2D eigenvalue weighted by Gasteiger charge is -2.20. The molecule has 5 heteroatoms. The number of carbonyl (C=O) groups excluding carboxylic acids is 1. The van der Waals surface area contributed by atoms with E-state index in [1.54, 1.807) is 7.05 Å². The van der Waals surface area contributed by atoms with Gasteiger partial charge in [0.15, 0.2) is 0 Å². The lowest BCUT2D eigenvalue weighted by molar-refractivity contribution is -0.120. The molecule has 0 heterocycles. The fraction of sp³-hybridized carbons (Fsp3) is 0.500. The van der Waals surface area contributed by atoms with E-state index in [-0.39, 0.29) is 17.7 Å². The van der Waals surface area contributed by atoms with Gasteiger partial charge in [-0.25, -0.2) is 4.39 Å². The molecule has 0 aliphatic heterocycles. The SMILES string of the molecule is CNCC(C(=O)Nc1cc(F)ccc1OC)C(C)C. The van der Waals surface area contributed by atoms with Crippen LogP contribution in [0.1, 0.15) is 13.8 Å². The van der Waals surface area contributed by atoms with Crippen LogP contribution in [0.15, 0.2) is 18.2 Å². The van der Waals surface area contributed by atoms with E-state index in [1.807, 2.05) is 13.8 Å². The van der Waals surface area contributed by atoms with Gasteiger partial charge in [0, 0.05) is 12.6 Å². The average molecular weight is 268 g/mol. The standard InChI is InChI=1S/C14H21FN2O2/c1-9(2)11(8-16-3)14(18)17-12-7-10(15)5-6-13(12)19-4/h5-7,9,11,16H,8H2,1-4H3,(H,17,18). The van der Waals surface area contributed by atoms with Crippen molar-refractivity contribution in [2.45, 2.75) is 13.8 Å². The molecule has 4 nitrogen and oxygen atoms in total. The second-order valence-corrected chi connectivity index (χ2v) is 4.74. The van der Waals surface area contributed by atoms with Crippen molar-refractivity contribution in [3.63, 3.8) is 0 Å². The minimum Gasteiger partial charge on any atom is -0.495 e. The maximum Gasteiger partial charge on any atom is 0.229 e. The Bertz CT molecular complexity index is 435. The third kappa shape index (κ3) is 4.21. The van der Waals surface area contributed by atoms with E-state index in [1.165, 1.54) is 25.3 Å². The molecule has 0 fully saturated rings. The first-order valence-electron chi connectivity index (χ1n) is 6.28. The highest BCUT2D eigenvalue weighted by Crippen LogP contribution is 2.26. The largest absolute Gasteiger partial charge is 0.495 e. The monoisotopic (exact) mass is 268 g/mol. The molecule has 0 aromatic heterocycles. The molecule has 1 amide bonds. The summed E-state index contributed by atoms with van der Waals surface area (Å²) < 4.78 is 18.3. The molecule has 19 heavy (non-hydrogen) atoms. The van der Waals surface area contributed by atoms with Crippen LogP contribution in [0, 0.1) is 17.7 Å². The van der Waals surface area contributed by atoms with E-state index in [0.717, 1.165) is 0 Å². The lowest BCUT2D eigenvalue weighted by atomic mass is 9.95. The minimum absolute atomic E-state index is 0.145. The molecule has 0 bridgehead atoms. The molecule has 0 saturated carbocycles. The van der Waals surface area contributed by atoms with E-state index in [4.69, 9.17) is 4.74 Å². The summed E-state index contributed by atoms with van der Waals surface area (Å²) in [7, 11) is 3.28. The summed E-state index contributed by atoms with van der Waals surface area (Å²) >= 11 is 0. The smallest absolute Gasteiger partial charge is 0.229 e. The van der Waals surface area contributed by atoms with Gasteiger partial charge in [-0.05, 0) is 25.1 Å². The number of ether oxygens (including phenoxy) is 1. The first kappa shape index (κ1) is 15.4. The number of methoxy groups -OCH3 is 1. The number of hydrogen-bond acceptors (Lipinski definition) is 3. The molecule has 1 aromatic carbocycles. The quantitative estimate of drug-likeness (QED) is 0.832. The summed E-state index contributed by atoms with van der Waals surface area (Å²) in [4.78, 5) is 12.2. The van der Waals surface area contributed by atoms with E-state index < -0.39 is 5.82 Å². The highest BCUT2D eigenvalue weighted by Gasteiger charge is 2.22. The maximum atomic E-state index is 13.2. The third-order valence-electron chi connectivity index (χ3n) is 2.98. The van der Waals surface area contributed by atoms with Crippen LogP contribution in [0.4, 0.5) is 10.1 Å². The van der Waals surface area contributed by atoms with E-state index in [2.05, 4.69) is 10.6 Å². The van der Waals surface area contributed by atoms with Crippen LogP contribution >= 0.6 is 0 Å². The molecule has 0 aliphatic rings. The Morgan fingerprint density at radius 1 is 1.42 bits per heavy atom. The van der Waals surface area contributed by atoms with Crippen molar-refractivity contribution in [3.8, 4) is 5.75 Å². The average Bonchev–Trinajstić information content (AvgIpc) is 2.35. The number of rotatable bonds is 6. The Labute approximate surface area is 113 Å². The number of halogens is 1. The predicted octanol–water partition coefficient (Wildman–Crippen LogP) is 2.26. The summed E-state index contributed by atoms with van der Waals surface area (Å²) in [5.41, 5.74) is 0.356. The van der Waals surface area contributed by atoms with Crippen LogP contribution in [0.2, 0.25) is 0 Å².